The number of hydrogen-bond donors (Lipinski definition) is 0. The van der Waals surface area contributed by atoms with Crippen molar-refractivity contribution in [2.45, 2.75) is 46.2 Å². The summed E-state index contributed by atoms with van der Waals surface area (Å²) >= 11 is 0. The molecular weight excluding hydrogens is 248 g/mol. The van der Waals surface area contributed by atoms with Crippen molar-refractivity contribution >= 4 is 16.6 Å². The van der Waals surface area contributed by atoms with Crippen molar-refractivity contribution in [3.63, 3.8) is 0 Å². The molecule has 0 aliphatic heterocycles. The summed E-state index contributed by atoms with van der Waals surface area (Å²) < 4.78 is 16.9. The van der Waals surface area contributed by atoms with E-state index < -0.39 is 16.6 Å². The predicted octanol–water partition coefficient (Wildman–Crippen LogP) is 4.08. The third-order valence-electron chi connectivity index (χ3n) is 1.39. The Morgan fingerprint density at radius 1 is 0.941 bits per heavy atom. The zero-order chi connectivity index (χ0) is 13.5. The maximum atomic E-state index is 5.90. The van der Waals surface area contributed by atoms with Gasteiger partial charge < -0.3 is 13.6 Å². The van der Waals surface area contributed by atoms with E-state index in [9.17, 15) is 0 Å². The first kappa shape index (κ1) is 16.3. The Morgan fingerprint density at radius 3 is 1.76 bits per heavy atom. The maximum absolute atomic E-state index is 5.90. The van der Waals surface area contributed by atoms with E-state index in [1.54, 1.807) is 6.26 Å². The summed E-state index contributed by atoms with van der Waals surface area (Å²) in [6.07, 6.45) is 5.31. The van der Waals surface area contributed by atoms with E-state index in [2.05, 4.69) is 39.3 Å². The molecule has 17 heavy (non-hydrogen) atoms. The minimum atomic E-state index is -1.63. The van der Waals surface area contributed by atoms with Crippen LogP contribution in [0.2, 0.25) is 39.3 Å². The van der Waals surface area contributed by atoms with Crippen LogP contribution in [0.15, 0.2) is 24.4 Å². The predicted molar refractivity (Wildman–Crippen MR) is 77.7 cm³/mol. The molecule has 0 aliphatic carbocycles. The van der Waals surface area contributed by atoms with Crippen LogP contribution in [0, 0.1) is 0 Å². The minimum Gasteiger partial charge on any atom is -0.521 e. The second-order valence-electron chi connectivity index (χ2n) is 5.70. The SMILES string of the molecule is CCOC=CC=C(O[Si](C)(C)C)O[Si](C)(C)C. The van der Waals surface area contributed by atoms with Gasteiger partial charge in [0.1, 0.15) is 0 Å². The van der Waals surface area contributed by atoms with Crippen LogP contribution in [0.25, 0.3) is 0 Å². The van der Waals surface area contributed by atoms with Gasteiger partial charge in [-0.1, -0.05) is 0 Å². The Labute approximate surface area is 108 Å². The highest BCUT2D eigenvalue weighted by atomic mass is 28.4. The lowest BCUT2D eigenvalue weighted by atomic mass is 10.6. The topological polar surface area (TPSA) is 27.7 Å². The van der Waals surface area contributed by atoms with Gasteiger partial charge in [-0.3, -0.25) is 0 Å². The fraction of sp³-hybridized carbons (Fsp3) is 0.667. The van der Waals surface area contributed by atoms with Crippen LogP contribution in [0.1, 0.15) is 6.92 Å². The van der Waals surface area contributed by atoms with Gasteiger partial charge in [0.2, 0.25) is 16.6 Å². The molecule has 0 bridgehead atoms. The highest BCUT2D eigenvalue weighted by Crippen LogP contribution is 2.17. The summed E-state index contributed by atoms with van der Waals surface area (Å²) in [4.78, 5) is 0. The van der Waals surface area contributed by atoms with E-state index in [1.165, 1.54) is 0 Å². The van der Waals surface area contributed by atoms with Gasteiger partial charge >= 0.3 is 0 Å². The Hall–Kier alpha value is -0.686. The summed E-state index contributed by atoms with van der Waals surface area (Å²) in [5.74, 6) is 0.624. The molecule has 0 fully saturated rings. The summed E-state index contributed by atoms with van der Waals surface area (Å²) in [6, 6.07) is 0. The van der Waals surface area contributed by atoms with Gasteiger partial charge in [-0.2, -0.15) is 0 Å². The van der Waals surface area contributed by atoms with Gasteiger partial charge in [-0.15, -0.1) is 0 Å². The van der Waals surface area contributed by atoms with E-state index in [0.29, 0.717) is 12.6 Å². The molecule has 0 radical (unpaired) electrons. The van der Waals surface area contributed by atoms with Gasteiger partial charge in [0, 0.05) is 6.08 Å². The lowest BCUT2D eigenvalue weighted by molar-refractivity contribution is 0.216. The second-order valence-corrected chi connectivity index (χ2v) is 14.6. The van der Waals surface area contributed by atoms with Gasteiger partial charge in [0.05, 0.1) is 12.9 Å². The number of hydrogen-bond acceptors (Lipinski definition) is 3. The lowest BCUT2D eigenvalue weighted by Crippen LogP contribution is -2.31. The molecule has 0 amide bonds. The zero-order valence-corrected chi connectivity index (χ0v) is 14.2. The summed E-state index contributed by atoms with van der Waals surface area (Å²) in [6.45, 7) is 15.5. The smallest absolute Gasteiger partial charge is 0.251 e. The van der Waals surface area contributed by atoms with Crippen LogP contribution in [-0.2, 0) is 13.6 Å². The summed E-state index contributed by atoms with van der Waals surface area (Å²) in [5.41, 5.74) is 0. The molecule has 0 aromatic heterocycles. The van der Waals surface area contributed by atoms with Gasteiger partial charge in [-0.25, -0.2) is 0 Å². The van der Waals surface area contributed by atoms with Crippen molar-refractivity contribution < 1.29 is 13.6 Å². The number of rotatable bonds is 7. The van der Waals surface area contributed by atoms with E-state index in [4.69, 9.17) is 13.6 Å². The lowest BCUT2D eigenvalue weighted by Gasteiger charge is -2.27. The molecule has 0 saturated carbocycles. The van der Waals surface area contributed by atoms with E-state index >= 15 is 0 Å². The van der Waals surface area contributed by atoms with Crippen LogP contribution in [0.3, 0.4) is 0 Å². The van der Waals surface area contributed by atoms with Crippen molar-refractivity contribution in [3.8, 4) is 0 Å². The number of allylic oxidation sites excluding steroid dienone is 2. The monoisotopic (exact) mass is 274 g/mol. The molecule has 0 saturated heterocycles. The highest BCUT2D eigenvalue weighted by molar-refractivity contribution is 6.71. The van der Waals surface area contributed by atoms with Crippen LogP contribution in [-0.4, -0.2) is 23.2 Å². The molecular formula is C12H26O3Si2. The van der Waals surface area contributed by atoms with Gasteiger partial charge in [0.15, 0.2) is 0 Å². The van der Waals surface area contributed by atoms with Crippen LogP contribution < -0.4 is 0 Å². The third kappa shape index (κ3) is 11.6. The van der Waals surface area contributed by atoms with Crippen LogP contribution in [0.5, 0.6) is 0 Å². The standard InChI is InChI=1S/C12H26O3Si2/c1-8-13-11-9-10-12(14-16(2,3)4)15-17(5,6)7/h9-11H,8H2,1-7H3. The average Bonchev–Trinajstić information content (AvgIpc) is 2.06. The first-order valence-corrected chi connectivity index (χ1v) is 12.8. The first-order valence-electron chi connectivity index (χ1n) is 6.00. The third-order valence-corrected chi connectivity index (χ3v) is 3.01. The Kier molecular flexibility index (Phi) is 6.63. The quantitative estimate of drug-likeness (QED) is 0.398. The van der Waals surface area contributed by atoms with Crippen molar-refractivity contribution in [2.75, 3.05) is 6.61 Å². The van der Waals surface area contributed by atoms with Gasteiger partial charge in [0.25, 0.3) is 5.95 Å². The number of ether oxygens (including phenoxy) is 1. The average molecular weight is 275 g/mol. The zero-order valence-electron chi connectivity index (χ0n) is 12.2. The molecule has 0 unspecified atom stereocenters. The Bertz CT molecular complexity index is 254. The van der Waals surface area contributed by atoms with E-state index in [1.807, 2.05) is 19.1 Å². The molecule has 0 aliphatic rings. The molecule has 0 N–H and O–H groups in total. The van der Waals surface area contributed by atoms with Crippen molar-refractivity contribution in [1.82, 2.24) is 0 Å². The molecule has 0 atom stereocenters. The Morgan fingerprint density at radius 2 is 1.41 bits per heavy atom. The molecule has 0 rings (SSSR count). The summed E-state index contributed by atoms with van der Waals surface area (Å²) in [5, 5.41) is 0. The van der Waals surface area contributed by atoms with E-state index in [0.717, 1.165) is 0 Å². The molecule has 3 nitrogen and oxygen atoms in total. The fourth-order valence-corrected chi connectivity index (χ4v) is 2.47. The van der Waals surface area contributed by atoms with Gasteiger partial charge in [-0.05, 0) is 52.3 Å². The fourth-order valence-electron chi connectivity index (χ4n) is 0.962. The van der Waals surface area contributed by atoms with Crippen molar-refractivity contribution in [3.05, 3.63) is 24.4 Å². The molecule has 5 heteroatoms. The minimum absolute atomic E-state index is 0.624. The Balaban J connectivity index is 4.61. The van der Waals surface area contributed by atoms with Crippen molar-refractivity contribution in [1.29, 1.82) is 0 Å². The highest BCUT2D eigenvalue weighted by Gasteiger charge is 2.23. The van der Waals surface area contributed by atoms with E-state index in [-0.39, 0.29) is 0 Å². The second kappa shape index (κ2) is 6.91. The largest absolute Gasteiger partial charge is 0.521 e. The van der Waals surface area contributed by atoms with Crippen molar-refractivity contribution in [2.24, 2.45) is 0 Å². The van der Waals surface area contributed by atoms with Crippen LogP contribution in [0.4, 0.5) is 0 Å². The van der Waals surface area contributed by atoms with Crippen LogP contribution >= 0.6 is 0 Å². The molecule has 0 heterocycles. The molecule has 100 valence electrons. The summed E-state index contributed by atoms with van der Waals surface area (Å²) in [7, 11) is -3.27. The normalized spacial score (nSPS) is 12.4. The molecule has 0 spiro atoms. The first-order chi connectivity index (χ1) is 7.64. The maximum Gasteiger partial charge on any atom is 0.251 e. The molecule has 0 aromatic rings. The molecule has 0 aromatic carbocycles.